The first-order valence-corrected chi connectivity index (χ1v) is 10.9. The van der Waals surface area contributed by atoms with E-state index >= 15 is 0 Å². The Bertz CT molecular complexity index is 637. The quantitative estimate of drug-likeness (QED) is 0.548. The molecule has 0 spiro atoms. The number of piperazine rings is 1. The summed E-state index contributed by atoms with van der Waals surface area (Å²) in [5.41, 5.74) is 0. The van der Waals surface area contributed by atoms with Crippen LogP contribution in [0.25, 0.3) is 0 Å². The second kappa shape index (κ2) is 5.73. The number of carbonyl (C=O) groups excluding carboxylic acids is 2. The van der Waals surface area contributed by atoms with Gasteiger partial charge in [-0.3, -0.25) is 9.59 Å². The maximum atomic E-state index is 13.0. The Hall–Kier alpha value is -0.0400. The lowest BCUT2D eigenvalue weighted by atomic mass is 9.79. The molecule has 1 heterocycles. The third-order valence-electron chi connectivity index (χ3n) is 7.07. The molecule has 4 aliphatic carbocycles. The van der Waals surface area contributed by atoms with E-state index in [1.807, 2.05) is 0 Å². The minimum Gasteiger partial charge on any atom is -0.301 e. The van der Waals surface area contributed by atoms with E-state index in [4.69, 9.17) is 0 Å². The van der Waals surface area contributed by atoms with Gasteiger partial charge in [0.25, 0.3) is 0 Å². The molecule has 4 fully saturated rings. The van der Waals surface area contributed by atoms with E-state index in [-0.39, 0.29) is 36.0 Å². The molecule has 1 saturated heterocycles. The minimum absolute atomic E-state index is 0.00567. The number of fused-ring (bicyclic) bond motifs is 6. The first-order valence-electron chi connectivity index (χ1n) is 9.14. The second-order valence-electron chi connectivity index (χ2n) is 8.17. The third kappa shape index (κ3) is 2.22. The number of carbonyl (C=O) groups is 2. The average molecular weight is 458 g/mol. The molecular formula is C18H22Br2N2O2. The first kappa shape index (κ1) is 16.2. The van der Waals surface area contributed by atoms with Crippen molar-refractivity contribution in [3.8, 4) is 0 Å². The lowest BCUT2D eigenvalue weighted by molar-refractivity contribution is -0.125. The van der Waals surface area contributed by atoms with E-state index in [1.165, 1.54) is 0 Å². The van der Waals surface area contributed by atoms with Gasteiger partial charge in [-0.2, -0.15) is 0 Å². The molecule has 4 nitrogen and oxygen atoms in total. The van der Waals surface area contributed by atoms with Crippen molar-refractivity contribution in [1.82, 2.24) is 10.6 Å². The van der Waals surface area contributed by atoms with Crippen molar-refractivity contribution < 1.29 is 9.59 Å². The van der Waals surface area contributed by atoms with Crippen LogP contribution in [0.4, 0.5) is 0 Å². The number of Topliss-reactive ketones (excluding diaryl/α,β-unsaturated/α-hetero) is 2. The van der Waals surface area contributed by atoms with Crippen molar-refractivity contribution in [2.75, 3.05) is 0 Å². The molecule has 6 heteroatoms. The zero-order valence-electron chi connectivity index (χ0n) is 13.4. The molecule has 130 valence electrons. The fourth-order valence-corrected chi connectivity index (χ4v) is 7.17. The number of halogens is 2. The normalized spacial score (nSPS) is 53.1. The van der Waals surface area contributed by atoms with Gasteiger partial charge >= 0.3 is 0 Å². The number of allylic oxidation sites excluding steroid dienone is 2. The Morgan fingerprint density at radius 3 is 2.46 bits per heavy atom. The minimum atomic E-state index is -0.121. The van der Waals surface area contributed by atoms with E-state index in [1.54, 1.807) is 0 Å². The van der Waals surface area contributed by atoms with Crippen molar-refractivity contribution in [1.29, 1.82) is 0 Å². The van der Waals surface area contributed by atoms with Crippen molar-refractivity contribution in [3.63, 3.8) is 0 Å². The standard InChI is InChI=1S/C18H22Br2N2O2/c19-7-1-3-9-11(5-7)17(23)15-13(9)21-16-14(22-15)10-4-2-8(20)6-12(10)18(16)24/h5,8-16,21-22H,1-4,6H2. The number of alkyl halides is 1. The molecule has 5 aliphatic rings. The van der Waals surface area contributed by atoms with Crippen molar-refractivity contribution in [2.45, 2.75) is 61.1 Å². The molecule has 3 saturated carbocycles. The zero-order valence-corrected chi connectivity index (χ0v) is 16.6. The highest BCUT2D eigenvalue weighted by Crippen LogP contribution is 2.47. The van der Waals surface area contributed by atoms with Gasteiger partial charge in [0.15, 0.2) is 11.6 Å². The van der Waals surface area contributed by atoms with Crippen LogP contribution in [0.5, 0.6) is 0 Å². The summed E-state index contributed by atoms with van der Waals surface area (Å²) in [6, 6.07) is 0.0360. The van der Waals surface area contributed by atoms with Crippen molar-refractivity contribution in [3.05, 3.63) is 10.6 Å². The zero-order chi connectivity index (χ0) is 16.6. The molecule has 2 N–H and O–H groups in total. The molecule has 24 heavy (non-hydrogen) atoms. The lowest BCUT2D eigenvalue weighted by Crippen LogP contribution is -2.67. The third-order valence-corrected chi connectivity index (χ3v) is 8.56. The summed E-state index contributed by atoms with van der Waals surface area (Å²) in [7, 11) is 0. The molecule has 9 unspecified atom stereocenters. The van der Waals surface area contributed by atoms with Gasteiger partial charge < -0.3 is 10.6 Å². The van der Waals surface area contributed by atoms with Crippen LogP contribution in [0.15, 0.2) is 10.6 Å². The van der Waals surface area contributed by atoms with Gasteiger partial charge in [-0.25, -0.2) is 0 Å². The topological polar surface area (TPSA) is 58.2 Å². The largest absolute Gasteiger partial charge is 0.301 e. The highest BCUT2D eigenvalue weighted by Gasteiger charge is 2.60. The summed E-state index contributed by atoms with van der Waals surface area (Å²) >= 11 is 7.27. The first-order chi connectivity index (χ1) is 11.5. The summed E-state index contributed by atoms with van der Waals surface area (Å²) in [4.78, 5) is 26.4. The van der Waals surface area contributed by atoms with Crippen LogP contribution in [0.3, 0.4) is 0 Å². The lowest BCUT2D eigenvalue weighted by Gasteiger charge is -2.40. The van der Waals surface area contributed by atoms with Gasteiger partial charge in [-0.05, 0) is 48.4 Å². The maximum Gasteiger partial charge on any atom is 0.158 e. The Balaban J connectivity index is 1.44. The van der Waals surface area contributed by atoms with Crippen LogP contribution in [0, 0.1) is 23.7 Å². The fraction of sp³-hybridized carbons (Fsp3) is 0.778. The summed E-state index contributed by atoms with van der Waals surface area (Å²) in [5, 5.41) is 7.30. The Kier molecular flexibility index (Phi) is 3.86. The Morgan fingerprint density at radius 1 is 0.958 bits per heavy atom. The van der Waals surface area contributed by atoms with E-state index in [2.05, 4.69) is 48.6 Å². The van der Waals surface area contributed by atoms with Crippen LogP contribution in [0.1, 0.15) is 32.1 Å². The number of hydrogen-bond donors (Lipinski definition) is 2. The monoisotopic (exact) mass is 456 g/mol. The average Bonchev–Trinajstić information content (AvgIpc) is 2.99. The van der Waals surface area contributed by atoms with Gasteiger partial charge in [-0.15, -0.1) is 0 Å². The smallest absolute Gasteiger partial charge is 0.158 e. The van der Waals surface area contributed by atoms with Crippen LogP contribution in [-0.2, 0) is 9.59 Å². The highest BCUT2D eigenvalue weighted by molar-refractivity contribution is 9.11. The van der Waals surface area contributed by atoms with Gasteiger partial charge in [0, 0.05) is 28.7 Å². The molecule has 0 aromatic heterocycles. The number of nitrogens with one attached hydrogen (secondary N) is 2. The number of rotatable bonds is 0. The summed E-state index contributed by atoms with van der Waals surface area (Å²) in [6.07, 6.45) is 7.27. The Labute approximate surface area is 158 Å². The van der Waals surface area contributed by atoms with Crippen LogP contribution < -0.4 is 10.6 Å². The van der Waals surface area contributed by atoms with Crippen molar-refractivity contribution in [2.24, 2.45) is 23.7 Å². The fourth-order valence-electron chi connectivity index (χ4n) is 5.99. The molecule has 1 aliphatic heterocycles. The van der Waals surface area contributed by atoms with Crippen molar-refractivity contribution >= 4 is 43.4 Å². The van der Waals surface area contributed by atoms with Gasteiger partial charge in [-0.1, -0.05) is 37.9 Å². The van der Waals surface area contributed by atoms with Crippen LogP contribution in [-0.4, -0.2) is 40.6 Å². The van der Waals surface area contributed by atoms with Gasteiger partial charge in [0.2, 0.25) is 0 Å². The number of ketones is 2. The molecule has 5 rings (SSSR count). The van der Waals surface area contributed by atoms with E-state index in [0.717, 1.165) is 36.6 Å². The van der Waals surface area contributed by atoms with E-state index in [9.17, 15) is 9.59 Å². The SMILES string of the molecule is O=C1C2C=C(Br)CCC2C2NC3C(=O)C4CC(Br)CCC4C3NC12. The summed E-state index contributed by atoms with van der Waals surface area (Å²) in [6.45, 7) is 0. The molecule has 0 radical (unpaired) electrons. The van der Waals surface area contributed by atoms with E-state index in [0.29, 0.717) is 28.2 Å². The molecule has 0 bridgehead atoms. The Morgan fingerprint density at radius 2 is 1.67 bits per heavy atom. The van der Waals surface area contributed by atoms with E-state index < -0.39 is 0 Å². The van der Waals surface area contributed by atoms with Crippen LogP contribution >= 0.6 is 31.9 Å². The molecule has 0 amide bonds. The maximum absolute atomic E-state index is 13.0. The van der Waals surface area contributed by atoms with Gasteiger partial charge in [0.1, 0.15) is 0 Å². The highest BCUT2D eigenvalue weighted by atomic mass is 79.9. The predicted molar refractivity (Wildman–Crippen MR) is 98.2 cm³/mol. The molecule has 0 aromatic carbocycles. The number of hydrogen-bond acceptors (Lipinski definition) is 4. The van der Waals surface area contributed by atoms with Crippen LogP contribution in [0.2, 0.25) is 0 Å². The summed E-state index contributed by atoms with van der Waals surface area (Å²) < 4.78 is 1.16. The van der Waals surface area contributed by atoms with Gasteiger partial charge in [0.05, 0.1) is 12.1 Å². The molecule has 0 aromatic rings. The predicted octanol–water partition coefficient (Wildman–Crippen LogP) is 2.30. The second-order valence-corrected chi connectivity index (χ2v) is 10.5. The molecule has 9 atom stereocenters. The molecular weight excluding hydrogens is 436 g/mol. The summed E-state index contributed by atoms with van der Waals surface area (Å²) in [5.74, 6) is 1.58.